The van der Waals surface area contributed by atoms with Crippen LogP contribution in [0.15, 0.2) is 48.5 Å². The summed E-state index contributed by atoms with van der Waals surface area (Å²) in [6.07, 6.45) is -3.86. The van der Waals surface area contributed by atoms with Crippen molar-refractivity contribution < 1.29 is 32.2 Å². The first-order valence-corrected chi connectivity index (χ1v) is 11.7. The molecule has 37 heavy (non-hydrogen) atoms. The first kappa shape index (κ1) is 26.3. The molecule has 0 unspecified atom stereocenters. The number of anilines is 1. The third kappa shape index (κ3) is 6.92. The number of carbonyl (C=O) groups is 1. The van der Waals surface area contributed by atoms with Crippen LogP contribution in [0.25, 0.3) is 5.69 Å². The predicted molar refractivity (Wildman–Crippen MR) is 130 cm³/mol. The Morgan fingerprint density at radius 2 is 1.97 bits per heavy atom. The number of nitrogens with zero attached hydrogens (tertiary/aromatic N) is 2. The first-order valence-electron chi connectivity index (χ1n) is 11.7. The molecule has 2 aromatic carbocycles. The van der Waals surface area contributed by atoms with Crippen LogP contribution in [0.1, 0.15) is 23.1 Å². The Bertz CT molecular complexity index is 1210. The highest BCUT2D eigenvalue weighted by molar-refractivity contribution is 5.89. The van der Waals surface area contributed by atoms with E-state index < -0.39 is 18.1 Å². The standard InChI is InChI=1S/C25H28F3N5O4/c1-16-22(33(20-6-4-3-5-7-20)32-23(16)36-15-19-10-11-29-19)31-24(34)30-13-18-12-17(14-35-2)8-9-21(18)37-25(26,27)28/h3-9,12,19,29H,10-11,13-15H2,1-2H3,(H2,30,31,34)/t19-/m0/s1. The van der Waals surface area contributed by atoms with Gasteiger partial charge in [0.05, 0.1) is 17.9 Å². The molecule has 2 amide bonds. The number of hydrogen-bond donors (Lipinski definition) is 3. The molecule has 2 heterocycles. The van der Waals surface area contributed by atoms with E-state index in [1.807, 2.05) is 30.3 Å². The predicted octanol–water partition coefficient (Wildman–Crippen LogP) is 4.29. The van der Waals surface area contributed by atoms with Crippen molar-refractivity contribution in [2.45, 2.75) is 38.9 Å². The summed E-state index contributed by atoms with van der Waals surface area (Å²) in [7, 11) is 1.48. The third-order valence-electron chi connectivity index (χ3n) is 5.76. The lowest BCUT2D eigenvalue weighted by Crippen LogP contribution is -2.46. The number of hydrogen-bond acceptors (Lipinski definition) is 6. The van der Waals surface area contributed by atoms with Crippen LogP contribution in [-0.4, -0.2) is 48.5 Å². The maximum atomic E-state index is 12.9. The number of nitrogens with one attached hydrogen (secondary N) is 3. The van der Waals surface area contributed by atoms with Gasteiger partial charge in [-0.15, -0.1) is 18.3 Å². The van der Waals surface area contributed by atoms with Gasteiger partial charge in [0, 0.05) is 25.3 Å². The number of urea groups is 1. The van der Waals surface area contributed by atoms with E-state index in [1.54, 1.807) is 11.6 Å². The highest BCUT2D eigenvalue weighted by Gasteiger charge is 2.32. The van der Waals surface area contributed by atoms with Crippen molar-refractivity contribution in [3.05, 3.63) is 65.2 Å². The highest BCUT2D eigenvalue weighted by atomic mass is 19.4. The molecule has 12 heteroatoms. The van der Waals surface area contributed by atoms with Crippen LogP contribution in [-0.2, 0) is 17.9 Å². The minimum Gasteiger partial charge on any atom is -0.475 e. The van der Waals surface area contributed by atoms with Crippen LogP contribution in [0.5, 0.6) is 11.6 Å². The van der Waals surface area contributed by atoms with Gasteiger partial charge >= 0.3 is 12.4 Å². The van der Waals surface area contributed by atoms with Crippen molar-refractivity contribution in [3.8, 4) is 17.3 Å². The Morgan fingerprint density at radius 3 is 2.62 bits per heavy atom. The summed E-state index contributed by atoms with van der Waals surface area (Å²) < 4.78 is 55.3. The SMILES string of the molecule is COCc1ccc(OC(F)(F)F)c(CNC(=O)Nc2c(C)c(OC[C@@H]3CCN3)nn2-c2ccccc2)c1. The van der Waals surface area contributed by atoms with Gasteiger partial charge in [-0.25, -0.2) is 9.48 Å². The molecule has 1 atom stereocenters. The zero-order valence-corrected chi connectivity index (χ0v) is 20.4. The van der Waals surface area contributed by atoms with Crippen molar-refractivity contribution in [3.63, 3.8) is 0 Å². The van der Waals surface area contributed by atoms with Crippen molar-refractivity contribution in [2.75, 3.05) is 25.6 Å². The van der Waals surface area contributed by atoms with Crippen LogP contribution in [0.2, 0.25) is 0 Å². The number of aromatic nitrogens is 2. The van der Waals surface area contributed by atoms with Gasteiger partial charge in [-0.3, -0.25) is 5.32 Å². The van der Waals surface area contributed by atoms with Gasteiger partial charge in [-0.2, -0.15) is 0 Å². The molecular formula is C25H28F3N5O4. The van der Waals surface area contributed by atoms with Gasteiger partial charge in [0.25, 0.3) is 0 Å². The number of alkyl halides is 3. The largest absolute Gasteiger partial charge is 0.573 e. The fourth-order valence-electron chi connectivity index (χ4n) is 3.76. The van der Waals surface area contributed by atoms with Crippen molar-refractivity contribution >= 4 is 11.8 Å². The van der Waals surface area contributed by atoms with Crippen molar-refractivity contribution in [1.82, 2.24) is 20.4 Å². The summed E-state index contributed by atoms with van der Waals surface area (Å²) in [6, 6.07) is 13.0. The van der Waals surface area contributed by atoms with Gasteiger partial charge in [0.2, 0.25) is 5.88 Å². The number of halogens is 3. The first-order chi connectivity index (χ1) is 17.7. The van der Waals surface area contributed by atoms with Gasteiger partial charge in [0.15, 0.2) is 0 Å². The lowest BCUT2D eigenvalue weighted by molar-refractivity contribution is -0.274. The molecule has 1 aromatic heterocycles. The Morgan fingerprint density at radius 1 is 1.22 bits per heavy atom. The molecule has 3 aromatic rings. The third-order valence-corrected chi connectivity index (χ3v) is 5.76. The molecule has 0 bridgehead atoms. The van der Waals surface area contributed by atoms with Crippen LogP contribution in [0.3, 0.4) is 0 Å². The summed E-state index contributed by atoms with van der Waals surface area (Å²) >= 11 is 0. The van der Waals surface area contributed by atoms with Crippen LogP contribution in [0, 0.1) is 6.92 Å². The number of carbonyl (C=O) groups excluding carboxylic acids is 1. The Labute approximate surface area is 211 Å². The van der Waals surface area contributed by atoms with E-state index in [9.17, 15) is 18.0 Å². The Balaban J connectivity index is 1.51. The summed E-state index contributed by atoms with van der Waals surface area (Å²) in [5, 5.41) is 13.1. The Hall–Kier alpha value is -3.77. The van der Waals surface area contributed by atoms with Gasteiger partial charge in [-0.1, -0.05) is 24.3 Å². The van der Waals surface area contributed by atoms with E-state index in [0.29, 0.717) is 35.1 Å². The maximum absolute atomic E-state index is 12.9. The fourth-order valence-corrected chi connectivity index (χ4v) is 3.76. The van der Waals surface area contributed by atoms with E-state index >= 15 is 0 Å². The van der Waals surface area contributed by atoms with E-state index in [2.05, 4.69) is 25.8 Å². The van der Waals surface area contributed by atoms with Crippen molar-refractivity contribution in [2.24, 2.45) is 0 Å². The van der Waals surface area contributed by atoms with Crippen LogP contribution >= 0.6 is 0 Å². The summed E-state index contributed by atoms with van der Waals surface area (Å²) in [5.41, 5.74) is 2.09. The number of rotatable bonds is 10. The zero-order chi connectivity index (χ0) is 26.4. The van der Waals surface area contributed by atoms with Crippen LogP contribution in [0.4, 0.5) is 23.8 Å². The fraction of sp³-hybridized carbons (Fsp3) is 0.360. The molecule has 9 nitrogen and oxygen atoms in total. The molecule has 1 aliphatic heterocycles. The molecule has 1 fully saturated rings. The monoisotopic (exact) mass is 519 g/mol. The van der Waals surface area contributed by atoms with E-state index in [0.717, 1.165) is 13.0 Å². The second-order valence-corrected chi connectivity index (χ2v) is 8.51. The molecule has 1 aliphatic rings. The van der Waals surface area contributed by atoms with E-state index in [-0.39, 0.29) is 24.8 Å². The molecular weight excluding hydrogens is 491 g/mol. The summed E-state index contributed by atoms with van der Waals surface area (Å²) in [4.78, 5) is 12.9. The Kier molecular flexibility index (Phi) is 8.19. The number of methoxy groups -OCH3 is 1. The molecule has 198 valence electrons. The normalized spacial score (nSPS) is 15.1. The average Bonchev–Trinajstić information content (AvgIpc) is 3.13. The van der Waals surface area contributed by atoms with Gasteiger partial charge < -0.3 is 24.8 Å². The van der Waals surface area contributed by atoms with E-state index in [1.165, 1.54) is 25.3 Å². The molecule has 0 radical (unpaired) electrons. The quantitative estimate of drug-likeness (QED) is 0.370. The molecule has 3 N–H and O–H groups in total. The summed E-state index contributed by atoms with van der Waals surface area (Å²) in [6.45, 7) is 3.14. The van der Waals surface area contributed by atoms with Gasteiger partial charge in [-0.05, 0) is 49.7 Å². The highest BCUT2D eigenvalue weighted by Crippen LogP contribution is 2.30. The molecule has 0 spiro atoms. The van der Waals surface area contributed by atoms with E-state index in [4.69, 9.17) is 9.47 Å². The molecule has 0 aliphatic carbocycles. The van der Waals surface area contributed by atoms with Crippen molar-refractivity contribution in [1.29, 1.82) is 0 Å². The number of ether oxygens (including phenoxy) is 3. The van der Waals surface area contributed by atoms with Crippen LogP contribution < -0.4 is 25.4 Å². The zero-order valence-electron chi connectivity index (χ0n) is 20.4. The second-order valence-electron chi connectivity index (χ2n) is 8.51. The minimum atomic E-state index is -4.87. The molecule has 4 rings (SSSR count). The maximum Gasteiger partial charge on any atom is 0.573 e. The van der Waals surface area contributed by atoms with Gasteiger partial charge in [0.1, 0.15) is 18.2 Å². The smallest absolute Gasteiger partial charge is 0.475 e. The lowest BCUT2D eigenvalue weighted by atomic mass is 10.1. The second kappa shape index (κ2) is 11.5. The number of para-hydroxylation sites is 1. The number of benzene rings is 2. The average molecular weight is 520 g/mol. The summed E-state index contributed by atoms with van der Waals surface area (Å²) in [5.74, 6) is 0.347. The minimum absolute atomic E-state index is 0.146. The topological polar surface area (TPSA) is 98.7 Å². The lowest BCUT2D eigenvalue weighted by Gasteiger charge is -2.26. The molecule has 0 saturated carbocycles. The number of amides is 2. The molecule has 1 saturated heterocycles.